The third-order valence-corrected chi connectivity index (χ3v) is 2.41. The quantitative estimate of drug-likeness (QED) is 0.459. The smallest absolute Gasteiger partial charge is 0.281 e. The van der Waals surface area contributed by atoms with Crippen LogP contribution in [0.15, 0.2) is 34.9 Å². The van der Waals surface area contributed by atoms with Crippen molar-refractivity contribution < 1.29 is 18.8 Å². The summed E-state index contributed by atoms with van der Waals surface area (Å²) in [6.07, 6.45) is 5.02. The van der Waals surface area contributed by atoms with E-state index < -0.39 is 4.92 Å². The van der Waals surface area contributed by atoms with E-state index in [9.17, 15) is 10.1 Å². The Hall–Kier alpha value is -2.60. The van der Waals surface area contributed by atoms with Crippen LogP contribution >= 0.6 is 0 Å². The molecule has 0 fully saturated rings. The molecule has 6 nitrogen and oxygen atoms in total. The molecule has 0 amide bonds. The summed E-state index contributed by atoms with van der Waals surface area (Å²) in [5.41, 5.74) is 0.482. The van der Waals surface area contributed by atoms with Crippen LogP contribution in [0, 0.1) is 16.2 Å². The Kier molecular flexibility index (Phi) is 4.52. The van der Waals surface area contributed by atoms with Gasteiger partial charge in [0.2, 0.25) is 0 Å². The summed E-state index contributed by atoms with van der Waals surface area (Å²) in [4.78, 5) is 10.2. The minimum absolute atomic E-state index is 0.0146. The molecular formula is C14H12NO5. The molecule has 0 saturated heterocycles. The second-order valence-corrected chi connectivity index (χ2v) is 3.78. The van der Waals surface area contributed by atoms with E-state index in [2.05, 4.69) is 6.07 Å². The fraction of sp³-hybridized carbons (Fsp3) is 0.143. The first kappa shape index (κ1) is 13.8. The molecule has 1 aromatic carbocycles. The zero-order valence-electron chi connectivity index (χ0n) is 10.7. The Labute approximate surface area is 115 Å². The molecule has 0 N–H and O–H groups in total. The maximum atomic E-state index is 10.7. The number of furan rings is 1. The van der Waals surface area contributed by atoms with Crippen LogP contribution in [-0.2, 0) is 4.74 Å². The third kappa shape index (κ3) is 3.46. The van der Waals surface area contributed by atoms with E-state index in [4.69, 9.17) is 13.9 Å². The fourth-order valence-corrected chi connectivity index (χ4v) is 1.51. The lowest BCUT2D eigenvalue weighted by Gasteiger charge is -2.07. The van der Waals surface area contributed by atoms with Crippen molar-refractivity contribution in [3.8, 4) is 5.75 Å². The van der Waals surface area contributed by atoms with Crippen LogP contribution in [0.3, 0.4) is 0 Å². The normalized spacial score (nSPS) is 10.8. The molecule has 2 aromatic rings. The van der Waals surface area contributed by atoms with E-state index in [1.54, 1.807) is 36.6 Å². The lowest BCUT2D eigenvalue weighted by molar-refractivity contribution is -0.385. The van der Waals surface area contributed by atoms with Crippen LogP contribution in [0.1, 0.15) is 11.3 Å². The standard InChI is InChI=1S/C14H12NO5/c1-18-10-20-14-9-12(15(16)17)6-4-11(14)5-7-13-3-2-8-19-13/h2-8H,10H2,1H3/b7-5+. The molecule has 0 spiro atoms. The third-order valence-electron chi connectivity index (χ3n) is 2.41. The topological polar surface area (TPSA) is 74.7 Å². The van der Waals surface area contributed by atoms with Gasteiger partial charge in [0, 0.05) is 18.7 Å². The number of rotatable bonds is 6. The van der Waals surface area contributed by atoms with Crippen LogP contribution in [-0.4, -0.2) is 18.8 Å². The van der Waals surface area contributed by atoms with Crippen molar-refractivity contribution >= 4 is 17.8 Å². The Bertz CT molecular complexity index is 604. The lowest BCUT2D eigenvalue weighted by atomic mass is 10.1. The number of hydrogen-bond acceptors (Lipinski definition) is 5. The van der Waals surface area contributed by atoms with Crippen molar-refractivity contribution in [3.05, 3.63) is 58.0 Å². The lowest BCUT2D eigenvalue weighted by Crippen LogP contribution is -2.01. The fourth-order valence-electron chi connectivity index (χ4n) is 1.51. The molecule has 2 rings (SSSR count). The summed E-state index contributed by atoms with van der Waals surface area (Å²) in [6, 6.07) is 9.10. The van der Waals surface area contributed by atoms with Gasteiger partial charge in [0.05, 0.1) is 11.2 Å². The molecule has 0 atom stereocenters. The maximum Gasteiger partial charge on any atom is 0.281 e. The SMILES string of the molecule is COCOc1[c]c([N+](=O)[O-])ccc1/C=C/c1ccco1. The van der Waals surface area contributed by atoms with Crippen molar-refractivity contribution in [2.75, 3.05) is 13.9 Å². The molecule has 0 aliphatic rings. The van der Waals surface area contributed by atoms with E-state index >= 15 is 0 Å². The number of nitrogens with zero attached hydrogens (tertiary/aromatic N) is 1. The number of ether oxygens (including phenoxy) is 2. The monoisotopic (exact) mass is 274 g/mol. The van der Waals surface area contributed by atoms with E-state index in [0.29, 0.717) is 11.3 Å². The van der Waals surface area contributed by atoms with Gasteiger partial charge in [-0.25, -0.2) is 0 Å². The molecular weight excluding hydrogens is 262 g/mol. The highest BCUT2D eigenvalue weighted by Crippen LogP contribution is 2.26. The van der Waals surface area contributed by atoms with E-state index in [1.807, 2.05) is 0 Å². The molecule has 0 saturated carbocycles. The molecule has 0 aliphatic carbocycles. The van der Waals surface area contributed by atoms with Gasteiger partial charge < -0.3 is 13.9 Å². The molecule has 0 bridgehead atoms. The Morgan fingerprint density at radius 2 is 2.25 bits per heavy atom. The average Bonchev–Trinajstić information content (AvgIpc) is 2.96. The second-order valence-electron chi connectivity index (χ2n) is 3.78. The van der Waals surface area contributed by atoms with E-state index in [-0.39, 0.29) is 18.2 Å². The van der Waals surface area contributed by atoms with Crippen molar-refractivity contribution in [2.24, 2.45) is 0 Å². The van der Waals surface area contributed by atoms with Gasteiger partial charge in [0.15, 0.2) is 6.79 Å². The molecule has 0 unspecified atom stereocenters. The number of non-ortho nitro benzene ring substituents is 1. The van der Waals surface area contributed by atoms with Crippen LogP contribution < -0.4 is 4.74 Å². The van der Waals surface area contributed by atoms with Gasteiger partial charge in [-0.3, -0.25) is 10.1 Å². The van der Waals surface area contributed by atoms with Crippen LogP contribution in [0.2, 0.25) is 0 Å². The van der Waals surface area contributed by atoms with E-state index in [1.165, 1.54) is 13.2 Å². The summed E-state index contributed by atoms with van der Waals surface area (Å²) in [6.45, 7) is -0.0146. The van der Waals surface area contributed by atoms with Gasteiger partial charge >= 0.3 is 0 Å². The van der Waals surface area contributed by atoms with Gasteiger partial charge in [-0.15, -0.1) is 0 Å². The Morgan fingerprint density at radius 1 is 1.40 bits per heavy atom. The molecule has 1 heterocycles. The van der Waals surface area contributed by atoms with Gasteiger partial charge in [-0.1, -0.05) is 0 Å². The van der Waals surface area contributed by atoms with Gasteiger partial charge in [-0.05, 0) is 30.4 Å². The summed E-state index contributed by atoms with van der Waals surface area (Å²) in [5, 5.41) is 10.7. The van der Waals surface area contributed by atoms with Crippen molar-refractivity contribution in [1.29, 1.82) is 0 Å². The van der Waals surface area contributed by atoms with Crippen LogP contribution in [0.5, 0.6) is 5.75 Å². The number of methoxy groups -OCH3 is 1. The van der Waals surface area contributed by atoms with Crippen molar-refractivity contribution in [2.45, 2.75) is 0 Å². The molecule has 103 valence electrons. The summed E-state index contributed by atoms with van der Waals surface area (Å²) in [5.74, 6) is 0.921. The molecule has 6 heteroatoms. The largest absolute Gasteiger partial charge is 0.466 e. The minimum Gasteiger partial charge on any atom is -0.466 e. The summed E-state index contributed by atoms with van der Waals surface area (Å²) >= 11 is 0. The second kappa shape index (κ2) is 6.53. The highest BCUT2D eigenvalue weighted by molar-refractivity contribution is 5.71. The zero-order valence-corrected chi connectivity index (χ0v) is 10.7. The summed E-state index contributed by atoms with van der Waals surface area (Å²) < 4.78 is 15.2. The molecule has 0 aliphatic heterocycles. The molecule has 1 aromatic heterocycles. The minimum atomic E-state index is -0.528. The Balaban J connectivity index is 2.28. The van der Waals surface area contributed by atoms with E-state index in [0.717, 1.165) is 0 Å². The summed E-state index contributed by atoms with van der Waals surface area (Å²) in [7, 11) is 1.47. The number of nitro groups is 1. The number of benzene rings is 1. The number of nitro benzene ring substituents is 1. The van der Waals surface area contributed by atoms with Gasteiger partial charge in [-0.2, -0.15) is 0 Å². The van der Waals surface area contributed by atoms with Crippen LogP contribution in [0.4, 0.5) is 5.69 Å². The van der Waals surface area contributed by atoms with Crippen LogP contribution in [0.25, 0.3) is 12.2 Å². The maximum absolute atomic E-state index is 10.7. The highest BCUT2D eigenvalue weighted by Gasteiger charge is 2.11. The van der Waals surface area contributed by atoms with Gasteiger partial charge in [0.25, 0.3) is 5.69 Å². The molecule has 20 heavy (non-hydrogen) atoms. The first-order valence-electron chi connectivity index (χ1n) is 5.75. The first-order chi connectivity index (χ1) is 9.70. The average molecular weight is 274 g/mol. The predicted octanol–water partition coefficient (Wildman–Crippen LogP) is 3.14. The Morgan fingerprint density at radius 3 is 2.90 bits per heavy atom. The van der Waals surface area contributed by atoms with Gasteiger partial charge in [0.1, 0.15) is 17.6 Å². The first-order valence-corrected chi connectivity index (χ1v) is 5.75. The highest BCUT2D eigenvalue weighted by atomic mass is 16.7. The zero-order chi connectivity index (χ0) is 14.4. The van der Waals surface area contributed by atoms with Crippen molar-refractivity contribution in [3.63, 3.8) is 0 Å². The number of hydrogen-bond donors (Lipinski definition) is 0. The predicted molar refractivity (Wildman–Crippen MR) is 72.1 cm³/mol. The van der Waals surface area contributed by atoms with Crippen molar-refractivity contribution in [1.82, 2.24) is 0 Å². The molecule has 1 radical (unpaired) electrons.